The van der Waals surface area contributed by atoms with Crippen LogP contribution < -0.4 is 0 Å². The van der Waals surface area contributed by atoms with E-state index in [-0.39, 0.29) is 0 Å². The Bertz CT molecular complexity index is 321. The van der Waals surface area contributed by atoms with Crippen LogP contribution in [0.2, 0.25) is 0 Å². The number of allylic oxidation sites excluding steroid dienone is 8. The third-order valence-corrected chi connectivity index (χ3v) is 1.76. The quantitative estimate of drug-likeness (QED) is 0.352. The monoisotopic (exact) mass is 214 g/mol. The average Bonchev–Trinajstić information content (AvgIpc) is 2.29. The lowest BCUT2D eigenvalue weighted by Crippen LogP contribution is -2.21. The molecule has 0 aliphatic carbocycles. The van der Waals surface area contributed by atoms with Crippen LogP contribution in [0.3, 0.4) is 0 Å². The van der Waals surface area contributed by atoms with E-state index < -0.39 is 6.92 Å². The summed E-state index contributed by atoms with van der Waals surface area (Å²) in [5, 5.41) is 0. The second-order valence-corrected chi connectivity index (χ2v) is 2.95. The zero-order valence-electron chi connectivity index (χ0n) is 9.26. The van der Waals surface area contributed by atoms with Crippen LogP contribution in [0.5, 0.6) is 0 Å². The topological polar surface area (TPSA) is 26.3 Å². The van der Waals surface area contributed by atoms with Crippen molar-refractivity contribution in [2.45, 2.75) is 0 Å². The molecule has 0 unspecified atom stereocenters. The summed E-state index contributed by atoms with van der Waals surface area (Å²) in [6.45, 7) is 14.5. The van der Waals surface area contributed by atoms with Gasteiger partial charge >= 0.3 is 6.92 Å². The first kappa shape index (κ1) is 14.0. The SMILES string of the molecule is C=C/C=C\C(=C)B(OC=O)C(=C)/C=C\C=C. The van der Waals surface area contributed by atoms with Gasteiger partial charge in [-0.3, -0.25) is 4.79 Å². The second-order valence-electron chi connectivity index (χ2n) is 2.95. The Kier molecular flexibility index (Phi) is 7.25. The minimum atomic E-state index is -0.551. The maximum atomic E-state index is 10.4. The van der Waals surface area contributed by atoms with Gasteiger partial charge in [0, 0.05) is 0 Å². The number of carbonyl (C=O) groups excluding carboxylic acids is 1. The molecule has 0 bridgehead atoms. The minimum Gasteiger partial charge on any atom is -0.528 e. The Morgan fingerprint density at radius 3 is 1.75 bits per heavy atom. The largest absolute Gasteiger partial charge is 0.528 e. The normalized spacial score (nSPS) is 10.0. The van der Waals surface area contributed by atoms with Gasteiger partial charge in [-0.15, -0.1) is 13.2 Å². The summed E-state index contributed by atoms with van der Waals surface area (Å²) in [4.78, 5) is 10.4. The van der Waals surface area contributed by atoms with E-state index in [2.05, 4.69) is 26.3 Å². The van der Waals surface area contributed by atoms with Gasteiger partial charge in [0.25, 0.3) is 6.47 Å². The van der Waals surface area contributed by atoms with E-state index in [0.29, 0.717) is 17.4 Å². The smallest absolute Gasteiger partial charge is 0.427 e. The minimum absolute atomic E-state index is 0.379. The van der Waals surface area contributed by atoms with Gasteiger partial charge in [0.2, 0.25) is 0 Å². The molecule has 3 heteroatoms. The van der Waals surface area contributed by atoms with Crippen LogP contribution in [0.1, 0.15) is 0 Å². The van der Waals surface area contributed by atoms with Crippen LogP contribution in [0.4, 0.5) is 0 Å². The highest BCUT2D eigenvalue weighted by molar-refractivity contribution is 6.70. The molecule has 0 fully saturated rings. The van der Waals surface area contributed by atoms with Gasteiger partial charge in [-0.1, -0.05) is 49.6 Å². The van der Waals surface area contributed by atoms with Crippen molar-refractivity contribution in [2.75, 3.05) is 0 Å². The Labute approximate surface area is 97.1 Å². The molecular formula is C13H15BO2. The van der Waals surface area contributed by atoms with Gasteiger partial charge in [0.05, 0.1) is 0 Å². The fourth-order valence-electron chi connectivity index (χ4n) is 1.03. The maximum Gasteiger partial charge on any atom is 0.427 e. The van der Waals surface area contributed by atoms with E-state index in [0.717, 1.165) is 0 Å². The highest BCUT2D eigenvalue weighted by Crippen LogP contribution is 2.11. The fraction of sp³-hybridized carbons (Fsp3) is 0. The molecule has 0 aromatic heterocycles. The van der Waals surface area contributed by atoms with Crippen LogP contribution in [0.15, 0.2) is 73.7 Å². The van der Waals surface area contributed by atoms with Crippen molar-refractivity contribution >= 4 is 13.4 Å². The molecule has 0 heterocycles. The predicted octanol–water partition coefficient (Wildman–Crippen LogP) is 2.83. The van der Waals surface area contributed by atoms with Gasteiger partial charge in [0.15, 0.2) is 0 Å². The summed E-state index contributed by atoms with van der Waals surface area (Å²) in [5.74, 6) is 0. The Morgan fingerprint density at radius 1 is 1.00 bits per heavy atom. The van der Waals surface area contributed by atoms with Gasteiger partial charge < -0.3 is 4.65 Å². The zero-order valence-corrected chi connectivity index (χ0v) is 9.26. The summed E-state index contributed by atoms with van der Waals surface area (Å²) in [6, 6.07) is 0. The van der Waals surface area contributed by atoms with Gasteiger partial charge in [-0.25, -0.2) is 0 Å². The molecule has 82 valence electrons. The molecule has 16 heavy (non-hydrogen) atoms. The Hall–Kier alpha value is -2.03. The molecule has 2 nitrogen and oxygen atoms in total. The molecule has 0 aromatic carbocycles. The van der Waals surface area contributed by atoms with Gasteiger partial charge in [0.1, 0.15) is 0 Å². The lowest BCUT2D eigenvalue weighted by atomic mass is 9.54. The lowest BCUT2D eigenvalue weighted by molar-refractivity contribution is -0.120. The molecule has 0 aliphatic rings. The van der Waals surface area contributed by atoms with E-state index >= 15 is 0 Å². The van der Waals surface area contributed by atoms with Crippen molar-refractivity contribution < 1.29 is 9.45 Å². The maximum absolute atomic E-state index is 10.4. The molecule has 0 saturated heterocycles. The number of hydrogen-bond acceptors (Lipinski definition) is 2. The summed E-state index contributed by atoms with van der Waals surface area (Å²) in [6.07, 6.45) is 10.1. The molecule has 0 radical (unpaired) electrons. The summed E-state index contributed by atoms with van der Waals surface area (Å²) in [5.41, 5.74) is 1.26. The van der Waals surface area contributed by atoms with E-state index in [1.54, 1.807) is 36.5 Å². The fourth-order valence-corrected chi connectivity index (χ4v) is 1.03. The van der Waals surface area contributed by atoms with E-state index in [4.69, 9.17) is 4.65 Å². The molecule has 0 atom stereocenters. The summed E-state index contributed by atoms with van der Waals surface area (Å²) >= 11 is 0. The second kappa shape index (κ2) is 8.30. The third-order valence-electron chi connectivity index (χ3n) is 1.76. The van der Waals surface area contributed by atoms with Crippen LogP contribution >= 0.6 is 0 Å². The van der Waals surface area contributed by atoms with Gasteiger partial charge in [-0.05, 0) is 10.9 Å². The summed E-state index contributed by atoms with van der Waals surface area (Å²) < 4.78 is 4.91. The van der Waals surface area contributed by atoms with E-state index in [1.165, 1.54) is 0 Å². The number of hydrogen-bond donors (Lipinski definition) is 0. The Balaban J connectivity index is 4.77. The highest BCUT2D eigenvalue weighted by atomic mass is 16.5. The van der Waals surface area contributed by atoms with Crippen molar-refractivity contribution in [3.05, 3.63) is 73.7 Å². The average molecular weight is 214 g/mol. The van der Waals surface area contributed by atoms with E-state index in [9.17, 15) is 4.79 Å². The summed E-state index contributed by atoms with van der Waals surface area (Å²) in [7, 11) is 0. The van der Waals surface area contributed by atoms with E-state index in [1.807, 2.05) is 0 Å². The van der Waals surface area contributed by atoms with Crippen LogP contribution in [-0.4, -0.2) is 13.4 Å². The lowest BCUT2D eigenvalue weighted by Gasteiger charge is -2.10. The van der Waals surface area contributed by atoms with Crippen LogP contribution in [0, 0.1) is 0 Å². The molecule has 0 aromatic rings. The molecule has 0 N–H and O–H groups in total. The number of carbonyl (C=O) groups is 1. The van der Waals surface area contributed by atoms with Crippen molar-refractivity contribution in [3.63, 3.8) is 0 Å². The molecular weight excluding hydrogens is 199 g/mol. The molecule has 0 saturated carbocycles. The van der Waals surface area contributed by atoms with Crippen molar-refractivity contribution in [1.82, 2.24) is 0 Å². The van der Waals surface area contributed by atoms with Crippen molar-refractivity contribution in [3.8, 4) is 0 Å². The molecule has 0 spiro atoms. The van der Waals surface area contributed by atoms with Crippen molar-refractivity contribution in [1.29, 1.82) is 0 Å². The first-order valence-electron chi connectivity index (χ1n) is 4.72. The molecule has 0 amide bonds. The van der Waals surface area contributed by atoms with Crippen LogP contribution in [0.25, 0.3) is 0 Å². The highest BCUT2D eigenvalue weighted by Gasteiger charge is 2.21. The first-order chi connectivity index (χ1) is 7.67. The predicted molar refractivity (Wildman–Crippen MR) is 69.9 cm³/mol. The standard InChI is InChI=1S/C13H15BO2/c1-5-7-9-12(3)14(16-11-15)13(4)10-8-6-2/h5-11H,1-4H2/b9-7-,10-8-. The Morgan fingerprint density at radius 2 is 1.44 bits per heavy atom. The third kappa shape index (κ3) is 5.01. The molecule has 0 rings (SSSR count). The molecule has 0 aliphatic heterocycles. The zero-order chi connectivity index (χ0) is 12.4. The number of rotatable bonds is 8. The first-order valence-corrected chi connectivity index (χ1v) is 4.72. The van der Waals surface area contributed by atoms with Crippen molar-refractivity contribution in [2.24, 2.45) is 0 Å². The van der Waals surface area contributed by atoms with Crippen LogP contribution in [-0.2, 0) is 9.45 Å². The van der Waals surface area contributed by atoms with Gasteiger partial charge in [-0.2, -0.15) is 0 Å².